The van der Waals surface area contributed by atoms with E-state index >= 15 is 0 Å². The third kappa shape index (κ3) is 7.35. The van der Waals surface area contributed by atoms with E-state index in [1.54, 1.807) is 0 Å². The van der Waals surface area contributed by atoms with Crippen LogP contribution in [-0.2, 0) is 0 Å². The predicted octanol–water partition coefficient (Wildman–Crippen LogP) is 6.07. The Bertz CT molecular complexity index is 429. The van der Waals surface area contributed by atoms with Gasteiger partial charge in [0.1, 0.15) is 0 Å². The van der Waals surface area contributed by atoms with Crippen LogP contribution in [0.15, 0.2) is 18.2 Å². The lowest BCUT2D eigenvalue weighted by atomic mass is 10.0. The molecule has 0 aliphatic rings. The summed E-state index contributed by atoms with van der Waals surface area (Å²) < 4.78 is 25.8. The van der Waals surface area contributed by atoms with Crippen molar-refractivity contribution < 1.29 is 13.6 Å². The number of halogens is 2. The fourth-order valence-corrected chi connectivity index (χ4v) is 2.41. The van der Waals surface area contributed by atoms with Gasteiger partial charge in [-0.25, -0.2) is 8.78 Å². The summed E-state index contributed by atoms with van der Waals surface area (Å²) in [6.07, 6.45) is 11.1. The van der Waals surface area contributed by atoms with Gasteiger partial charge in [-0.15, -0.1) is 0 Å². The minimum atomic E-state index is -0.951. The van der Waals surface area contributed by atoms with Gasteiger partial charge in [0.2, 0.25) is 0 Å². The molecule has 1 nitrogen and oxygen atoms in total. The Kier molecular flexibility index (Phi) is 8.88. The number of hydrogen-bond acceptors (Lipinski definition) is 1. The van der Waals surface area contributed by atoms with Crippen molar-refractivity contribution in [3.05, 3.63) is 35.4 Å². The Morgan fingerprint density at radius 2 is 1.43 bits per heavy atom. The van der Waals surface area contributed by atoms with Crippen LogP contribution in [-0.4, -0.2) is 5.78 Å². The fraction of sp³-hybridized carbons (Fsp3) is 0.611. The molecule has 0 unspecified atom stereocenters. The SMILES string of the molecule is CCCCCCCCCCCC(=O)c1ccc(F)c(F)c1. The topological polar surface area (TPSA) is 17.1 Å². The van der Waals surface area contributed by atoms with Crippen molar-refractivity contribution in [2.24, 2.45) is 0 Å². The lowest BCUT2D eigenvalue weighted by molar-refractivity contribution is 0.0978. The molecular weight excluding hydrogens is 270 g/mol. The number of rotatable bonds is 11. The molecule has 1 aromatic carbocycles. The minimum absolute atomic E-state index is 0.100. The van der Waals surface area contributed by atoms with Crippen LogP contribution in [0.1, 0.15) is 81.5 Å². The third-order valence-electron chi connectivity index (χ3n) is 3.75. The monoisotopic (exact) mass is 296 g/mol. The maximum absolute atomic E-state index is 13.0. The predicted molar refractivity (Wildman–Crippen MR) is 82.5 cm³/mol. The largest absolute Gasteiger partial charge is 0.294 e. The molecule has 118 valence electrons. The van der Waals surface area contributed by atoms with Gasteiger partial charge in [0, 0.05) is 12.0 Å². The molecule has 0 heterocycles. The van der Waals surface area contributed by atoms with Crippen LogP contribution in [0.3, 0.4) is 0 Å². The van der Waals surface area contributed by atoms with Crippen molar-refractivity contribution in [2.75, 3.05) is 0 Å². The Balaban J connectivity index is 2.09. The van der Waals surface area contributed by atoms with Crippen LogP contribution < -0.4 is 0 Å². The average molecular weight is 296 g/mol. The molecule has 3 heteroatoms. The van der Waals surface area contributed by atoms with Gasteiger partial charge in [-0.1, -0.05) is 58.3 Å². The number of hydrogen-bond donors (Lipinski definition) is 0. The summed E-state index contributed by atoms with van der Waals surface area (Å²) in [5.41, 5.74) is 0.272. The smallest absolute Gasteiger partial charge is 0.162 e. The fourth-order valence-electron chi connectivity index (χ4n) is 2.41. The summed E-state index contributed by atoms with van der Waals surface area (Å²) in [6.45, 7) is 2.21. The highest BCUT2D eigenvalue weighted by atomic mass is 19.2. The summed E-state index contributed by atoms with van der Waals surface area (Å²) >= 11 is 0. The van der Waals surface area contributed by atoms with E-state index < -0.39 is 11.6 Å². The maximum Gasteiger partial charge on any atom is 0.162 e. The highest BCUT2D eigenvalue weighted by molar-refractivity contribution is 5.95. The van der Waals surface area contributed by atoms with E-state index in [1.165, 1.54) is 44.6 Å². The van der Waals surface area contributed by atoms with Crippen LogP contribution in [0.5, 0.6) is 0 Å². The zero-order valence-corrected chi connectivity index (χ0v) is 13.0. The van der Waals surface area contributed by atoms with E-state index in [0.29, 0.717) is 6.42 Å². The van der Waals surface area contributed by atoms with E-state index in [0.717, 1.165) is 31.4 Å². The van der Waals surface area contributed by atoms with Gasteiger partial charge < -0.3 is 0 Å². The molecule has 0 N–H and O–H groups in total. The molecule has 1 aromatic rings. The quantitative estimate of drug-likeness (QED) is 0.358. The Morgan fingerprint density at radius 3 is 2.00 bits per heavy atom. The molecule has 1 rings (SSSR count). The first-order chi connectivity index (χ1) is 10.1. The molecule has 0 saturated heterocycles. The molecule has 0 aliphatic heterocycles. The zero-order valence-electron chi connectivity index (χ0n) is 13.0. The van der Waals surface area contributed by atoms with E-state index in [-0.39, 0.29) is 11.3 Å². The molecule has 0 aromatic heterocycles. The molecule has 0 radical (unpaired) electrons. The molecule has 0 bridgehead atoms. The first kappa shape index (κ1) is 17.8. The number of benzene rings is 1. The molecule has 0 amide bonds. The normalized spacial score (nSPS) is 10.8. The van der Waals surface area contributed by atoms with Crippen LogP contribution in [0.4, 0.5) is 8.78 Å². The van der Waals surface area contributed by atoms with E-state index in [9.17, 15) is 13.6 Å². The van der Waals surface area contributed by atoms with E-state index in [1.807, 2.05) is 0 Å². The number of Topliss-reactive ketones (excluding diaryl/α,β-unsaturated/α-hetero) is 1. The summed E-state index contributed by atoms with van der Waals surface area (Å²) in [7, 11) is 0. The summed E-state index contributed by atoms with van der Waals surface area (Å²) in [5, 5.41) is 0. The number of carbonyl (C=O) groups is 1. The second kappa shape index (κ2) is 10.5. The lowest BCUT2D eigenvalue weighted by Gasteiger charge is -2.03. The number of carbonyl (C=O) groups excluding carboxylic acids is 1. The van der Waals surface area contributed by atoms with Crippen molar-refractivity contribution in [3.8, 4) is 0 Å². The van der Waals surface area contributed by atoms with E-state index in [2.05, 4.69) is 6.92 Å². The van der Waals surface area contributed by atoms with Crippen molar-refractivity contribution >= 4 is 5.78 Å². The minimum Gasteiger partial charge on any atom is -0.294 e. The highest BCUT2D eigenvalue weighted by Crippen LogP contribution is 2.14. The average Bonchev–Trinajstić information content (AvgIpc) is 2.48. The lowest BCUT2D eigenvalue weighted by Crippen LogP contribution is -2.00. The number of ketones is 1. The number of unbranched alkanes of at least 4 members (excludes halogenated alkanes) is 8. The summed E-state index contributed by atoms with van der Waals surface area (Å²) in [4.78, 5) is 11.8. The van der Waals surface area contributed by atoms with Crippen molar-refractivity contribution in [1.82, 2.24) is 0 Å². The van der Waals surface area contributed by atoms with Gasteiger partial charge in [-0.05, 0) is 24.6 Å². The first-order valence-electron chi connectivity index (χ1n) is 8.13. The van der Waals surface area contributed by atoms with Crippen LogP contribution >= 0.6 is 0 Å². The van der Waals surface area contributed by atoms with Gasteiger partial charge >= 0.3 is 0 Å². The maximum atomic E-state index is 13.0. The second-order valence-corrected chi connectivity index (χ2v) is 5.63. The van der Waals surface area contributed by atoms with Gasteiger partial charge in [0.25, 0.3) is 0 Å². The van der Waals surface area contributed by atoms with Gasteiger partial charge in [-0.2, -0.15) is 0 Å². The van der Waals surface area contributed by atoms with Crippen molar-refractivity contribution in [2.45, 2.75) is 71.1 Å². The molecular formula is C18H26F2O. The molecule has 21 heavy (non-hydrogen) atoms. The summed E-state index contributed by atoms with van der Waals surface area (Å²) in [5.74, 6) is -1.96. The molecule has 0 spiro atoms. The van der Waals surface area contributed by atoms with Gasteiger partial charge in [0.05, 0.1) is 0 Å². The van der Waals surface area contributed by atoms with Gasteiger partial charge in [0.15, 0.2) is 17.4 Å². The zero-order chi connectivity index (χ0) is 15.5. The van der Waals surface area contributed by atoms with Crippen molar-refractivity contribution in [1.29, 1.82) is 0 Å². The van der Waals surface area contributed by atoms with E-state index in [4.69, 9.17) is 0 Å². The Labute approximate surface area is 126 Å². The van der Waals surface area contributed by atoms with Gasteiger partial charge in [-0.3, -0.25) is 4.79 Å². The second-order valence-electron chi connectivity index (χ2n) is 5.63. The Morgan fingerprint density at radius 1 is 0.857 bits per heavy atom. The van der Waals surface area contributed by atoms with Crippen LogP contribution in [0.2, 0.25) is 0 Å². The molecule has 0 fully saturated rings. The first-order valence-corrected chi connectivity index (χ1v) is 8.13. The highest BCUT2D eigenvalue weighted by Gasteiger charge is 2.09. The molecule has 0 aliphatic carbocycles. The van der Waals surface area contributed by atoms with Crippen LogP contribution in [0.25, 0.3) is 0 Å². The Hall–Kier alpha value is -1.25. The molecule has 0 saturated carbocycles. The molecule has 0 atom stereocenters. The van der Waals surface area contributed by atoms with Crippen LogP contribution in [0, 0.1) is 11.6 Å². The third-order valence-corrected chi connectivity index (χ3v) is 3.75. The van der Waals surface area contributed by atoms with Crippen molar-refractivity contribution in [3.63, 3.8) is 0 Å². The standard InChI is InChI=1S/C18H26F2O/c1-2-3-4-5-6-7-8-9-10-11-18(21)15-12-13-16(19)17(20)14-15/h12-14H,2-11H2,1H3. The summed E-state index contributed by atoms with van der Waals surface area (Å²) in [6, 6.07) is 3.36.